The Kier molecular flexibility index (Phi) is 6.13. The molecule has 28 heavy (non-hydrogen) atoms. The van der Waals surface area contributed by atoms with Crippen LogP contribution in [0.5, 0.6) is 11.5 Å². The second kappa shape index (κ2) is 8.73. The number of carbonyl (C=O) groups is 2. The number of benzene rings is 2. The van der Waals surface area contributed by atoms with Crippen LogP contribution >= 0.6 is 0 Å². The number of carboxylic acids is 1. The van der Waals surface area contributed by atoms with Crippen LogP contribution in [0.1, 0.15) is 17.5 Å². The number of hydrogen-bond acceptors (Lipinski definition) is 4. The second-order valence-electron chi connectivity index (χ2n) is 6.69. The normalized spacial score (nSPS) is 16.3. The number of aliphatic carboxylic acids is 1. The first-order valence-corrected chi connectivity index (χ1v) is 9.01. The summed E-state index contributed by atoms with van der Waals surface area (Å²) >= 11 is 0. The highest BCUT2D eigenvalue weighted by Crippen LogP contribution is 2.29. The van der Waals surface area contributed by atoms with E-state index in [0.29, 0.717) is 30.0 Å². The summed E-state index contributed by atoms with van der Waals surface area (Å²) in [6.45, 7) is 0.736. The molecule has 1 aliphatic heterocycles. The number of hydrogen-bond donors (Lipinski definition) is 1. The van der Waals surface area contributed by atoms with E-state index in [2.05, 4.69) is 0 Å². The SMILES string of the molecule is COc1ccc(CCN2CC(C(=O)O)CC2=O)cc1OCc1ccccc1F. The fraction of sp³-hybridized carbons (Fsp3) is 0.333. The Labute approximate surface area is 162 Å². The number of carboxylic acid groups (broad SMARTS) is 1. The number of halogens is 1. The number of rotatable bonds is 8. The van der Waals surface area contributed by atoms with Gasteiger partial charge < -0.3 is 19.5 Å². The molecule has 0 saturated carbocycles. The van der Waals surface area contributed by atoms with E-state index in [1.165, 1.54) is 13.2 Å². The van der Waals surface area contributed by atoms with Crippen molar-refractivity contribution in [3.63, 3.8) is 0 Å². The lowest BCUT2D eigenvalue weighted by atomic mass is 10.1. The zero-order valence-corrected chi connectivity index (χ0v) is 15.6. The first-order valence-electron chi connectivity index (χ1n) is 9.01. The van der Waals surface area contributed by atoms with Crippen LogP contribution in [0, 0.1) is 11.7 Å². The zero-order chi connectivity index (χ0) is 20.1. The molecule has 7 heteroatoms. The standard InChI is InChI=1S/C21H22FNO5/c1-27-18-7-6-14(8-9-23-12-16(21(25)26)11-20(23)24)10-19(18)28-13-15-4-2-3-5-17(15)22/h2-7,10,16H,8-9,11-13H2,1H3,(H,25,26). The summed E-state index contributed by atoms with van der Waals surface area (Å²) in [6.07, 6.45) is 0.604. The van der Waals surface area contributed by atoms with Crippen molar-refractivity contribution in [1.82, 2.24) is 4.90 Å². The van der Waals surface area contributed by atoms with Gasteiger partial charge in [0, 0.05) is 25.1 Å². The third kappa shape index (κ3) is 4.60. The van der Waals surface area contributed by atoms with E-state index in [4.69, 9.17) is 14.6 Å². The summed E-state index contributed by atoms with van der Waals surface area (Å²) in [4.78, 5) is 24.6. The molecule has 6 nitrogen and oxygen atoms in total. The average Bonchev–Trinajstić information content (AvgIpc) is 3.07. The van der Waals surface area contributed by atoms with Crippen molar-refractivity contribution in [3.05, 3.63) is 59.4 Å². The summed E-state index contributed by atoms with van der Waals surface area (Å²) in [5, 5.41) is 9.06. The van der Waals surface area contributed by atoms with Gasteiger partial charge in [0.15, 0.2) is 11.5 Å². The van der Waals surface area contributed by atoms with Gasteiger partial charge in [-0.3, -0.25) is 9.59 Å². The lowest BCUT2D eigenvalue weighted by Crippen LogP contribution is -2.28. The van der Waals surface area contributed by atoms with E-state index >= 15 is 0 Å². The summed E-state index contributed by atoms with van der Waals surface area (Å²) in [7, 11) is 1.53. The molecular formula is C21H22FNO5. The van der Waals surface area contributed by atoms with Gasteiger partial charge in [0.05, 0.1) is 13.0 Å². The quantitative estimate of drug-likeness (QED) is 0.754. The molecule has 0 radical (unpaired) electrons. The van der Waals surface area contributed by atoms with E-state index in [-0.39, 0.29) is 31.3 Å². The molecule has 2 aromatic carbocycles. The molecule has 2 aromatic rings. The van der Waals surface area contributed by atoms with Crippen molar-refractivity contribution in [2.45, 2.75) is 19.4 Å². The van der Waals surface area contributed by atoms with Gasteiger partial charge in [0.2, 0.25) is 5.91 Å². The Morgan fingerprint density at radius 3 is 2.71 bits per heavy atom. The monoisotopic (exact) mass is 387 g/mol. The highest BCUT2D eigenvalue weighted by atomic mass is 19.1. The van der Waals surface area contributed by atoms with Gasteiger partial charge in [-0.15, -0.1) is 0 Å². The molecule has 1 aliphatic rings. The van der Waals surface area contributed by atoms with Crippen LogP contribution in [0.4, 0.5) is 4.39 Å². The molecule has 1 unspecified atom stereocenters. The lowest BCUT2D eigenvalue weighted by molar-refractivity contribution is -0.141. The Morgan fingerprint density at radius 2 is 2.04 bits per heavy atom. The molecule has 1 amide bonds. The molecule has 1 atom stereocenters. The van der Waals surface area contributed by atoms with Gasteiger partial charge in [-0.1, -0.05) is 24.3 Å². The third-order valence-electron chi connectivity index (χ3n) is 4.80. The minimum absolute atomic E-state index is 0.0505. The summed E-state index contributed by atoms with van der Waals surface area (Å²) in [5.41, 5.74) is 1.35. The van der Waals surface area contributed by atoms with E-state index in [1.54, 1.807) is 35.2 Å². The van der Waals surface area contributed by atoms with Crippen LogP contribution in [-0.2, 0) is 22.6 Å². The van der Waals surface area contributed by atoms with Crippen molar-refractivity contribution in [3.8, 4) is 11.5 Å². The van der Waals surface area contributed by atoms with Crippen LogP contribution in [-0.4, -0.2) is 42.1 Å². The predicted octanol–water partition coefficient (Wildman–Crippen LogP) is 2.89. The smallest absolute Gasteiger partial charge is 0.308 e. The highest BCUT2D eigenvalue weighted by Gasteiger charge is 2.33. The van der Waals surface area contributed by atoms with E-state index in [0.717, 1.165) is 5.56 Å². The van der Waals surface area contributed by atoms with Gasteiger partial charge in [-0.2, -0.15) is 0 Å². The lowest BCUT2D eigenvalue weighted by Gasteiger charge is -2.17. The number of ether oxygens (including phenoxy) is 2. The van der Waals surface area contributed by atoms with E-state index in [9.17, 15) is 14.0 Å². The van der Waals surface area contributed by atoms with E-state index in [1.807, 2.05) is 6.07 Å². The third-order valence-corrected chi connectivity index (χ3v) is 4.80. The second-order valence-corrected chi connectivity index (χ2v) is 6.69. The Balaban J connectivity index is 1.65. The van der Waals surface area contributed by atoms with Crippen molar-refractivity contribution < 1.29 is 28.6 Å². The summed E-state index contributed by atoms with van der Waals surface area (Å²) in [5.74, 6) is -1.04. The maximum absolute atomic E-state index is 13.8. The molecule has 0 bridgehead atoms. The zero-order valence-electron chi connectivity index (χ0n) is 15.6. The minimum Gasteiger partial charge on any atom is -0.493 e. The van der Waals surface area contributed by atoms with Crippen molar-refractivity contribution >= 4 is 11.9 Å². The molecule has 1 N–H and O–H groups in total. The Morgan fingerprint density at radius 1 is 1.25 bits per heavy atom. The van der Waals surface area contributed by atoms with Gasteiger partial charge >= 0.3 is 5.97 Å². The molecular weight excluding hydrogens is 365 g/mol. The molecule has 148 valence electrons. The number of methoxy groups -OCH3 is 1. The maximum atomic E-state index is 13.8. The maximum Gasteiger partial charge on any atom is 0.308 e. The predicted molar refractivity (Wildman–Crippen MR) is 99.8 cm³/mol. The molecule has 1 fully saturated rings. The van der Waals surface area contributed by atoms with Crippen molar-refractivity contribution in [1.29, 1.82) is 0 Å². The van der Waals surface area contributed by atoms with E-state index < -0.39 is 11.9 Å². The molecule has 0 spiro atoms. The van der Waals surface area contributed by atoms with Gasteiger partial charge in [0.1, 0.15) is 12.4 Å². The summed E-state index contributed by atoms with van der Waals surface area (Å²) in [6, 6.07) is 11.8. The largest absolute Gasteiger partial charge is 0.493 e. The Hall–Kier alpha value is -3.09. The topological polar surface area (TPSA) is 76.1 Å². The molecule has 3 rings (SSSR count). The number of nitrogens with zero attached hydrogens (tertiary/aromatic N) is 1. The van der Waals surface area contributed by atoms with Crippen LogP contribution in [0.15, 0.2) is 42.5 Å². The van der Waals surface area contributed by atoms with Crippen molar-refractivity contribution in [2.75, 3.05) is 20.2 Å². The molecule has 0 aliphatic carbocycles. The van der Waals surface area contributed by atoms with Crippen LogP contribution < -0.4 is 9.47 Å². The minimum atomic E-state index is -0.941. The molecule has 1 heterocycles. The number of amides is 1. The fourth-order valence-electron chi connectivity index (χ4n) is 3.18. The Bertz CT molecular complexity index is 870. The molecule has 1 saturated heterocycles. The van der Waals surface area contributed by atoms with Crippen LogP contribution in [0.2, 0.25) is 0 Å². The number of carbonyl (C=O) groups excluding carboxylic acids is 1. The first kappa shape index (κ1) is 19.7. The van der Waals surface area contributed by atoms with Gasteiger partial charge in [-0.05, 0) is 30.2 Å². The van der Waals surface area contributed by atoms with Crippen LogP contribution in [0.3, 0.4) is 0 Å². The average molecular weight is 387 g/mol. The number of likely N-dealkylation sites (tertiary alicyclic amines) is 1. The highest BCUT2D eigenvalue weighted by molar-refractivity contribution is 5.86. The summed E-state index contributed by atoms with van der Waals surface area (Å²) < 4.78 is 24.8. The van der Waals surface area contributed by atoms with Crippen molar-refractivity contribution in [2.24, 2.45) is 5.92 Å². The fourth-order valence-corrected chi connectivity index (χ4v) is 3.18. The van der Waals surface area contributed by atoms with Gasteiger partial charge in [-0.25, -0.2) is 4.39 Å². The first-order chi connectivity index (χ1) is 13.5. The van der Waals surface area contributed by atoms with Crippen LogP contribution in [0.25, 0.3) is 0 Å². The molecule has 0 aromatic heterocycles. The van der Waals surface area contributed by atoms with Gasteiger partial charge in [0.25, 0.3) is 0 Å².